The van der Waals surface area contributed by atoms with E-state index in [0.717, 1.165) is 6.54 Å². The summed E-state index contributed by atoms with van der Waals surface area (Å²) < 4.78 is 0. The Balaban J connectivity index is 2.52. The molecule has 74 valence electrons. The standard InChI is InChI=1S/C12H16N2/c1-10(2)12-5-3-11(4-6-12)9-14-8-7-13/h3-6,10,14H,8-9H2,1-2H3/p+1. The van der Waals surface area contributed by atoms with Crippen molar-refractivity contribution in [2.75, 3.05) is 6.54 Å². The Morgan fingerprint density at radius 3 is 2.43 bits per heavy atom. The molecular weight excluding hydrogens is 172 g/mol. The number of nitrogens with zero attached hydrogens (tertiary/aromatic N) is 1. The van der Waals surface area contributed by atoms with Crippen LogP contribution in [0.1, 0.15) is 30.9 Å². The molecule has 1 rings (SSSR count). The Morgan fingerprint density at radius 2 is 1.93 bits per heavy atom. The molecule has 0 aromatic heterocycles. The molecule has 0 amide bonds. The largest absolute Gasteiger partial charge is 0.331 e. The van der Waals surface area contributed by atoms with Gasteiger partial charge in [0.2, 0.25) is 0 Å². The fraction of sp³-hybridized carbons (Fsp3) is 0.417. The van der Waals surface area contributed by atoms with Crippen molar-refractivity contribution < 1.29 is 5.32 Å². The second kappa shape index (κ2) is 5.41. The lowest BCUT2D eigenvalue weighted by Gasteiger charge is -2.05. The average Bonchev–Trinajstić information content (AvgIpc) is 2.19. The van der Waals surface area contributed by atoms with Gasteiger partial charge in [0.25, 0.3) is 0 Å². The van der Waals surface area contributed by atoms with Crippen LogP contribution in [0.3, 0.4) is 0 Å². The van der Waals surface area contributed by atoms with Crippen LogP contribution in [-0.4, -0.2) is 6.54 Å². The molecule has 1 aromatic rings. The summed E-state index contributed by atoms with van der Waals surface area (Å²) in [4.78, 5) is 0. The number of rotatable bonds is 4. The fourth-order valence-corrected chi connectivity index (χ4v) is 1.34. The first-order valence-corrected chi connectivity index (χ1v) is 5.01. The molecule has 0 fully saturated rings. The van der Waals surface area contributed by atoms with Gasteiger partial charge < -0.3 is 5.32 Å². The van der Waals surface area contributed by atoms with Crippen LogP contribution < -0.4 is 5.32 Å². The molecule has 1 aromatic carbocycles. The fourth-order valence-electron chi connectivity index (χ4n) is 1.34. The third-order valence-corrected chi connectivity index (χ3v) is 2.26. The van der Waals surface area contributed by atoms with E-state index >= 15 is 0 Å². The van der Waals surface area contributed by atoms with Crippen molar-refractivity contribution in [3.8, 4) is 6.07 Å². The third-order valence-electron chi connectivity index (χ3n) is 2.26. The normalized spacial score (nSPS) is 10.1. The Morgan fingerprint density at radius 1 is 1.29 bits per heavy atom. The van der Waals surface area contributed by atoms with Gasteiger partial charge in [-0.05, 0) is 11.5 Å². The van der Waals surface area contributed by atoms with Crippen molar-refractivity contribution in [3.63, 3.8) is 0 Å². The molecule has 0 unspecified atom stereocenters. The van der Waals surface area contributed by atoms with E-state index < -0.39 is 0 Å². The van der Waals surface area contributed by atoms with Gasteiger partial charge in [0, 0.05) is 5.56 Å². The zero-order chi connectivity index (χ0) is 10.4. The lowest BCUT2D eigenvalue weighted by molar-refractivity contribution is -0.660. The minimum absolute atomic E-state index is 0.534. The number of quaternary nitrogens is 1. The summed E-state index contributed by atoms with van der Waals surface area (Å²) in [5.41, 5.74) is 2.65. The van der Waals surface area contributed by atoms with Crippen molar-refractivity contribution in [1.29, 1.82) is 5.26 Å². The van der Waals surface area contributed by atoms with Gasteiger partial charge in [-0.2, -0.15) is 5.26 Å². The molecule has 0 aliphatic rings. The first kappa shape index (κ1) is 10.7. The van der Waals surface area contributed by atoms with Crippen molar-refractivity contribution in [2.45, 2.75) is 26.3 Å². The van der Waals surface area contributed by atoms with Gasteiger partial charge in [0.15, 0.2) is 6.54 Å². The average molecular weight is 189 g/mol. The van der Waals surface area contributed by atoms with Crippen LogP contribution >= 0.6 is 0 Å². The van der Waals surface area contributed by atoms with Crippen LogP contribution in [0.25, 0.3) is 0 Å². The molecule has 0 atom stereocenters. The van der Waals surface area contributed by atoms with E-state index in [-0.39, 0.29) is 0 Å². The highest BCUT2D eigenvalue weighted by Crippen LogP contribution is 2.13. The number of nitriles is 1. The monoisotopic (exact) mass is 189 g/mol. The van der Waals surface area contributed by atoms with Crippen LogP contribution in [0.5, 0.6) is 0 Å². The summed E-state index contributed by atoms with van der Waals surface area (Å²) in [7, 11) is 0. The van der Waals surface area contributed by atoms with E-state index in [1.54, 1.807) is 0 Å². The Hall–Kier alpha value is -1.33. The molecule has 0 saturated heterocycles. The van der Waals surface area contributed by atoms with Crippen molar-refractivity contribution in [2.24, 2.45) is 0 Å². The maximum absolute atomic E-state index is 8.38. The van der Waals surface area contributed by atoms with Gasteiger partial charge in [-0.25, -0.2) is 0 Å². The van der Waals surface area contributed by atoms with E-state index in [9.17, 15) is 0 Å². The second-order valence-corrected chi connectivity index (χ2v) is 3.75. The minimum atomic E-state index is 0.534. The molecule has 0 heterocycles. The molecule has 2 N–H and O–H groups in total. The van der Waals surface area contributed by atoms with Gasteiger partial charge in [-0.1, -0.05) is 38.1 Å². The molecule has 14 heavy (non-hydrogen) atoms. The predicted molar refractivity (Wildman–Crippen MR) is 56.6 cm³/mol. The van der Waals surface area contributed by atoms with Crippen molar-refractivity contribution >= 4 is 0 Å². The molecular formula is C12H17N2+. The Bertz CT molecular complexity index is 306. The first-order valence-electron chi connectivity index (χ1n) is 5.01. The highest BCUT2D eigenvalue weighted by Gasteiger charge is 1.99. The summed E-state index contributed by atoms with van der Waals surface area (Å²) in [6.07, 6.45) is 0. The SMILES string of the molecule is CC(C)c1ccc(C[NH2+]CC#N)cc1. The quantitative estimate of drug-likeness (QED) is 0.564. The van der Waals surface area contributed by atoms with Gasteiger partial charge in [-0.3, -0.25) is 0 Å². The molecule has 0 aliphatic carbocycles. The molecule has 0 bridgehead atoms. The Labute approximate surface area is 85.6 Å². The molecule has 2 heteroatoms. The van der Waals surface area contributed by atoms with Crippen LogP contribution in [0, 0.1) is 11.3 Å². The van der Waals surface area contributed by atoms with Crippen molar-refractivity contribution in [1.82, 2.24) is 0 Å². The van der Waals surface area contributed by atoms with E-state index in [0.29, 0.717) is 12.5 Å². The maximum atomic E-state index is 8.38. The first-order chi connectivity index (χ1) is 6.74. The summed E-state index contributed by atoms with van der Waals surface area (Å²) in [5, 5.41) is 10.4. The van der Waals surface area contributed by atoms with Crippen LogP contribution in [0.2, 0.25) is 0 Å². The number of nitrogens with two attached hydrogens (primary N) is 1. The topological polar surface area (TPSA) is 40.4 Å². The maximum Gasteiger partial charge on any atom is 0.163 e. The van der Waals surface area contributed by atoms with Gasteiger partial charge in [-0.15, -0.1) is 0 Å². The molecule has 0 radical (unpaired) electrons. The lowest BCUT2D eigenvalue weighted by Crippen LogP contribution is -2.82. The summed E-state index contributed by atoms with van der Waals surface area (Å²) in [5.74, 6) is 0.590. The van der Waals surface area contributed by atoms with E-state index in [4.69, 9.17) is 5.26 Å². The van der Waals surface area contributed by atoms with Gasteiger partial charge >= 0.3 is 0 Å². The van der Waals surface area contributed by atoms with Crippen LogP contribution in [0.4, 0.5) is 0 Å². The van der Waals surface area contributed by atoms with E-state index in [1.807, 2.05) is 5.32 Å². The molecule has 0 spiro atoms. The molecule has 0 saturated carbocycles. The van der Waals surface area contributed by atoms with Gasteiger partial charge in [0.05, 0.1) is 0 Å². The summed E-state index contributed by atoms with van der Waals surface area (Å²) >= 11 is 0. The number of hydrogen-bond acceptors (Lipinski definition) is 1. The summed E-state index contributed by atoms with van der Waals surface area (Å²) in [6.45, 7) is 5.81. The van der Waals surface area contributed by atoms with E-state index in [1.165, 1.54) is 11.1 Å². The molecule has 2 nitrogen and oxygen atoms in total. The van der Waals surface area contributed by atoms with Gasteiger partial charge in [0.1, 0.15) is 12.6 Å². The van der Waals surface area contributed by atoms with E-state index in [2.05, 4.69) is 44.2 Å². The number of hydrogen-bond donors (Lipinski definition) is 1. The second-order valence-electron chi connectivity index (χ2n) is 3.75. The van der Waals surface area contributed by atoms with Crippen LogP contribution in [0.15, 0.2) is 24.3 Å². The predicted octanol–water partition coefficient (Wildman–Crippen LogP) is 1.40. The minimum Gasteiger partial charge on any atom is -0.331 e. The van der Waals surface area contributed by atoms with Crippen molar-refractivity contribution in [3.05, 3.63) is 35.4 Å². The zero-order valence-corrected chi connectivity index (χ0v) is 8.83. The molecule has 0 aliphatic heterocycles. The third kappa shape index (κ3) is 3.20. The highest BCUT2D eigenvalue weighted by molar-refractivity contribution is 5.23. The summed E-state index contributed by atoms with van der Waals surface area (Å²) in [6, 6.07) is 10.7. The Kier molecular flexibility index (Phi) is 4.15. The lowest BCUT2D eigenvalue weighted by atomic mass is 10.0. The van der Waals surface area contributed by atoms with Crippen LogP contribution in [-0.2, 0) is 6.54 Å². The highest BCUT2D eigenvalue weighted by atomic mass is 14.8. The smallest absolute Gasteiger partial charge is 0.163 e. The number of benzene rings is 1. The zero-order valence-electron chi connectivity index (χ0n) is 8.83.